The Morgan fingerprint density at radius 1 is 1.35 bits per heavy atom. The van der Waals surface area contributed by atoms with Gasteiger partial charge in [-0.3, -0.25) is 5.10 Å². The molecule has 6 heteroatoms. The number of thioether (sulfide) groups is 1. The lowest BCUT2D eigenvalue weighted by molar-refractivity contribution is 0.626. The van der Waals surface area contributed by atoms with Crippen molar-refractivity contribution >= 4 is 27.7 Å². The zero-order valence-corrected chi connectivity index (χ0v) is 13.3. The molecule has 3 nitrogen and oxygen atoms in total. The average Bonchev–Trinajstić information content (AvgIpc) is 3.08. The number of benzene rings is 1. The smallest absolute Gasteiger partial charge is 0.208 e. The van der Waals surface area contributed by atoms with Crippen LogP contribution >= 0.6 is 27.7 Å². The van der Waals surface area contributed by atoms with E-state index in [0.717, 1.165) is 26.8 Å². The second-order valence-corrected chi connectivity index (χ2v) is 6.81. The maximum Gasteiger partial charge on any atom is 0.208 e. The topological polar surface area (TPSA) is 41.6 Å². The second kappa shape index (κ2) is 6.26. The van der Waals surface area contributed by atoms with Crippen molar-refractivity contribution in [3.05, 3.63) is 39.9 Å². The molecule has 1 aromatic carbocycles. The SMILES string of the molecule is Fc1ccc(CSc2n[nH]c(C3CCCC3)n2)c(Br)c1. The normalized spacial score (nSPS) is 15.9. The summed E-state index contributed by atoms with van der Waals surface area (Å²) in [5.74, 6) is 2.06. The Hall–Kier alpha value is -0.880. The molecule has 0 saturated heterocycles. The lowest BCUT2D eigenvalue weighted by atomic mass is 10.1. The van der Waals surface area contributed by atoms with Crippen LogP contribution in [0, 0.1) is 5.82 Å². The number of nitrogens with zero attached hydrogens (tertiary/aromatic N) is 2. The molecule has 0 bridgehead atoms. The molecule has 106 valence electrons. The summed E-state index contributed by atoms with van der Waals surface area (Å²) >= 11 is 4.95. The molecule has 0 amide bonds. The van der Waals surface area contributed by atoms with Crippen molar-refractivity contribution in [1.82, 2.24) is 15.2 Å². The van der Waals surface area contributed by atoms with Gasteiger partial charge in [0.15, 0.2) is 0 Å². The molecule has 20 heavy (non-hydrogen) atoms. The first-order chi connectivity index (χ1) is 9.72. The van der Waals surface area contributed by atoms with Crippen LogP contribution < -0.4 is 0 Å². The van der Waals surface area contributed by atoms with Gasteiger partial charge in [0.05, 0.1) is 0 Å². The predicted octanol–water partition coefficient (Wildman–Crippen LogP) is 4.66. The number of aromatic amines is 1. The van der Waals surface area contributed by atoms with E-state index in [0.29, 0.717) is 5.92 Å². The van der Waals surface area contributed by atoms with E-state index >= 15 is 0 Å². The molecule has 0 aliphatic heterocycles. The van der Waals surface area contributed by atoms with E-state index in [1.807, 2.05) is 0 Å². The second-order valence-electron chi connectivity index (χ2n) is 5.01. The first-order valence-corrected chi connectivity index (χ1v) is 8.49. The van der Waals surface area contributed by atoms with Crippen LogP contribution in [0.4, 0.5) is 4.39 Å². The molecule has 1 N–H and O–H groups in total. The largest absolute Gasteiger partial charge is 0.262 e. The van der Waals surface area contributed by atoms with Crippen molar-refractivity contribution in [3.63, 3.8) is 0 Å². The summed E-state index contributed by atoms with van der Waals surface area (Å²) in [7, 11) is 0. The van der Waals surface area contributed by atoms with Crippen LogP contribution in [0.15, 0.2) is 27.8 Å². The summed E-state index contributed by atoms with van der Waals surface area (Å²) in [5, 5.41) is 8.08. The molecule has 1 saturated carbocycles. The van der Waals surface area contributed by atoms with Crippen LogP contribution in [-0.4, -0.2) is 15.2 Å². The van der Waals surface area contributed by atoms with Gasteiger partial charge in [0, 0.05) is 16.1 Å². The van der Waals surface area contributed by atoms with Crippen molar-refractivity contribution in [2.45, 2.75) is 42.5 Å². The quantitative estimate of drug-likeness (QED) is 0.811. The Balaban J connectivity index is 1.63. The molecule has 3 rings (SSSR count). The van der Waals surface area contributed by atoms with Crippen LogP contribution in [0.1, 0.15) is 43.0 Å². The van der Waals surface area contributed by atoms with E-state index in [4.69, 9.17) is 0 Å². The zero-order chi connectivity index (χ0) is 13.9. The molecule has 0 atom stereocenters. The van der Waals surface area contributed by atoms with Gasteiger partial charge in [0.25, 0.3) is 0 Å². The fraction of sp³-hybridized carbons (Fsp3) is 0.429. The van der Waals surface area contributed by atoms with E-state index in [-0.39, 0.29) is 5.82 Å². The van der Waals surface area contributed by atoms with E-state index in [1.54, 1.807) is 17.8 Å². The lowest BCUT2D eigenvalue weighted by Crippen LogP contribution is -1.94. The number of halogens is 2. The summed E-state index contributed by atoms with van der Waals surface area (Å²) in [6.45, 7) is 0. The molecule has 2 aromatic rings. The number of hydrogen-bond acceptors (Lipinski definition) is 3. The first kappa shape index (κ1) is 14.1. The van der Waals surface area contributed by atoms with E-state index in [9.17, 15) is 4.39 Å². The molecule has 1 aliphatic rings. The summed E-state index contributed by atoms with van der Waals surface area (Å²) in [5.41, 5.74) is 1.05. The Kier molecular flexibility index (Phi) is 4.41. The summed E-state index contributed by atoms with van der Waals surface area (Å²) in [6, 6.07) is 4.75. The molecule has 0 spiro atoms. The van der Waals surface area contributed by atoms with Gasteiger partial charge in [-0.1, -0.05) is 46.6 Å². The summed E-state index contributed by atoms with van der Waals surface area (Å²) < 4.78 is 13.8. The minimum absolute atomic E-state index is 0.230. The van der Waals surface area contributed by atoms with Gasteiger partial charge in [-0.25, -0.2) is 9.37 Å². The van der Waals surface area contributed by atoms with Gasteiger partial charge in [-0.15, -0.1) is 5.10 Å². The molecule has 1 aliphatic carbocycles. The molecule has 1 heterocycles. The molecule has 0 unspecified atom stereocenters. The molecule has 1 aromatic heterocycles. The maximum atomic E-state index is 13.0. The third-order valence-electron chi connectivity index (χ3n) is 3.60. The molecular formula is C14H15BrFN3S. The fourth-order valence-corrected chi connectivity index (χ4v) is 3.97. The van der Waals surface area contributed by atoms with Gasteiger partial charge in [0.2, 0.25) is 5.16 Å². The number of rotatable bonds is 4. The van der Waals surface area contributed by atoms with Crippen LogP contribution in [-0.2, 0) is 5.75 Å². The van der Waals surface area contributed by atoms with Crippen molar-refractivity contribution in [3.8, 4) is 0 Å². The maximum absolute atomic E-state index is 13.0. The standard InChI is InChI=1S/C14H15BrFN3S/c15-12-7-11(16)6-5-10(12)8-20-14-17-13(18-19-14)9-3-1-2-4-9/h5-7,9H,1-4,8H2,(H,17,18,19). The van der Waals surface area contributed by atoms with Gasteiger partial charge in [-0.2, -0.15) is 0 Å². The molecular weight excluding hydrogens is 341 g/mol. The highest BCUT2D eigenvalue weighted by Gasteiger charge is 2.20. The number of hydrogen-bond donors (Lipinski definition) is 1. The van der Waals surface area contributed by atoms with Crippen LogP contribution in [0.5, 0.6) is 0 Å². The first-order valence-electron chi connectivity index (χ1n) is 6.71. The third kappa shape index (κ3) is 3.23. The average molecular weight is 356 g/mol. The molecule has 0 radical (unpaired) electrons. The van der Waals surface area contributed by atoms with Crippen LogP contribution in [0.25, 0.3) is 0 Å². The minimum atomic E-state index is -0.230. The van der Waals surface area contributed by atoms with Gasteiger partial charge < -0.3 is 0 Å². The number of H-pyrrole nitrogens is 1. The number of nitrogens with one attached hydrogen (secondary N) is 1. The van der Waals surface area contributed by atoms with Crippen molar-refractivity contribution < 1.29 is 4.39 Å². The Labute approximate surface area is 129 Å². The highest BCUT2D eigenvalue weighted by molar-refractivity contribution is 9.10. The van der Waals surface area contributed by atoms with Crippen LogP contribution in [0.3, 0.4) is 0 Å². The Morgan fingerprint density at radius 3 is 2.90 bits per heavy atom. The fourth-order valence-electron chi connectivity index (χ4n) is 2.49. The predicted molar refractivity (Wildman–Crippen MR) is 81.3 cm³/mol. The zero-order valence-electron chi connectivity index (χ0n) is 10.9. The molecule has 1 fully saturated rings. The monoisotopic (exact) mass is 355 g/mol. The van der Waals surface area contributed by atoms with Crippen molar-refractivity contribution in [2.24, 2.45) is 0 Å². The third-order valence-corrected chi connectivity index (χ3v) is 5.23. The Bertz CT molecular complexity index is 596. The van der Waals surface area contributed by atoms with Gasteiger partial charge in [-0.05, 0) is 30.5 Å². The highest BCUT2D eigenvalue weighted by Crippen LogP contribution is 2.33. The van der Waals surface area contributed by atoms with Crippen molar-refractivity contribution in [1.29, 1.82) is 0 Å². The van der Waals surface area contributed by atoms with Crippen LogP contribution in [0.2, 0.25) is 0 Å². The Morgan fingerprint density at radius 2 is 2.15 bits per heavy atom. The van der Waals surface area contributed by atoms with Crippen molar-refractivity contribution in [2.75, 3.05) is 0 Å². The lowest BCUT2D eigenvalue weighted by Gasteiger charge is -2.03. The summed E-state index contributed by atoms with van der Waals surface area (Å²) in [4.78, 5) is 4.56. The van der Waals surface area contributed by atoms with E-state index in [1.165, 1.54) is 37.8 Å². The van der Waals surface area contributed by atoms with Gasteiger partial charge in [0.1, 0.15) is 11.6 Å². The van der Waals surface area contributed by atoms with E-state index < -0.39 is 0 Å². The highest BCUT2D eigenvalue weighted by atomic mass is 79.9. The minimum Gasteiger partial charge on any atom is -0.262 e. The summed E-state index contributed by atoms with van der Waals surface area (Å²) in [6.07, 6.45) is 5.00. The van der Waals surface area contributed by atoms with E-state index in [2.05, 4.69) is 31.1 Å². The van der Waals surface area contributed by atoms with Gasteiger partial charge >= 0.3 is 0 Å². The number of aromatic nitrogens is 3.